The SMILES string of the molecule is CCOC(=O)c1c(O)cc(OC)c(C/C=C(\C)CCC=C(C)C)c1CC(=O)c1ccc(Cl)cc1. The Balaban J connectivity index is 2.53. The number of phenols is 1. The van der Waals surface area contributed by atoms with Crippen molar-refractivity contribution in [2.75, 3.05) is 13.7 Å². The molecule has 0 aromatic heterocycles. The molecule has 0 bridgehead atoms. The lowest BCUT2D eigenvalue weighted by Crippen LogP contribution is -2.15. The molecule has 2 aromatic carbocycles. The molecule has 6 heteroatoms. The van der Waals surface area contributed by atoms with Gasteiger partial charge in [0.25, 0.3) is 0 Å². The van der Waals surface area contributed by atoms with E-state index >= 15 is 0 Å². The molecule has 2 rings (SSSR count). The minimum atomic E-state index is -0.674. The molecule has 0 aliphatic carbocycles. The van der Waals surface area contributed by atoms with Gasteiger partial charge in [0, 0.05) is 28.6 Å². The van der Waals surface area contributed by atoms with Gasteiger partial charge < -0.3 is 14.6 Å². The number of esters is 1. The van der Waals surface area contributed by atoms with E-state index in [0.717, 1.165) is 12.8 Å². The van der Waals surface area contributed by atoms with Crippen molar-refractivity contribution in [2.45, 2.75) is 53.4 Å². The minimum absolute atomic E-state index is 0.00411. The zero-order valence-corrected chi connectivity index (χ0v) is 21.3. The van der Waals surface area contributed by atoms with Crippen LogP contribution in [0.25, 0.3) is 0 Å². The molecule has 0 atom stereocenters. The highest BCUT2D eigenvalue weighted by atomic mass is 35.5. The first kappa shape index (κ1) is 27.2. The molecule has 0 amide bonds. The smallest absolute Gasteiger partial charge is 0.342 e. The normalized spacial score (nSPS) is 11.2. The number of Topliss-reactive ketones (excluding diaryl/α,β-unsaturated/α-hetero) is 1. The summed E-state index contributed by atoms with van der Waals surface area (Å²) in [6.07, 6.45) is 6.44. The van der Waals surface area contributed by atoms with E-state index in [-0.39, 0.29) is 30.1 Å². The number of phenolic OH excluding ortho intramolecular Hbond substituents is 1. The lowest BCUT2D eigenvalue weighted by Gasteiger charge is -2.18. The topological polar surface area (TPSA) is 72.8 Å². The first-order valence-corrected chi connectivity index (χ1v) is 11.7. The third-order valence-electron chi connectivity index (χ3n) is 5.44. The molecule has 0 aliphatic heterocycles. The zero-order chi connectivity index (χ0) is 25.3. The second kappa shape index (κ2) is 13.0. The first-order chi connectivity index (χ1) is 16.2. The van der Waals surface area contributed by atoms with E-state index in [4.69, 9.17) is 21.1 Å². The van der Waals surface area contributed by atoms with E-state index in [1.807, 2.05) is 0 Å². The van der Waals surface area contributed by atoms with Crippen molar-refractivity contribution in [2.24, 2.45) is 0 Å². The van der Waals surface area contributed by atoms with Crippen LogP contribution in [0, 0.1) is 0 Å². The molecule has 0 saturated heterocycles. The number of ether oxygens (including phenoxy) is 2. The molecule has 1 N–H and O–H groups in total. The van der Waals surface area contributed by atoms with Crippen molar-refractivity contribution in [3.63, 3.8) is 0 Å². The van der Waals surface area contributed by atoms with Crippen LogP contribution in [0.3, 0.4) is 0 Å². The Morgan fingerprint density at radius 3 is 2.32 bits per heavy atom. The molecule has 0 aliphatic rings. The molecule has 0 unspecified atom stereocenters. The minimum Gasteiger partial charge on any atom is -0.507 e. The van der Waals surface area contributed by atoms with E-state index in [0.29, 0.717) is 33.9 Å². The maximum Gasteiger partial charge on any atom is 0.342 e. The number of aromatic hydroxyl groups is 1. The van der Waals surface area contributed by atoms with E-state index in [2.05, 4.69) is 32.9 Å². The third-order valence-corrected chi connectivity index (χ3v) is 5.69. The van der Waals surface area contributed by atoms with Gasteiger partial charge in [0.2, 0.25) is 0 Å². The highest BCUT2D eigenvalue weighted by Crippen LogP contribution is 2.35. The lowest BCUT2D eigenvalue weighted by molar-refractivity contribution is 0.0521. The molecular weight excluding hydrogens is 452 g/mol. The van der Waals surface area contributed by atoms with Crippen molar-refractivity contribution in [3.8, 4) is 11.5 Å². The Hall–Kier alpha value is -3.05. The van der Waals surface area contributed by atoms with E-state index in [1.165, 1.54) is 24.3 Å². The number of ketones is 1. The van der Waals surface area contributed by atoms with E-state index in [1.54, 1.807) is 31.2 Å². The van der Waals surface area contributed by atoms with Crippen molar-refractivity contribution >= 4 is 23.4 Å². The van der Waals surface area contributed by atoms with Crippen molar-refractivity contribution < 1.29 is 24.2 Å². The Kier molecular flexibility index (Phi) is 10.4. The summed E-state index contributed by atoms with van der Waals surface area (Å²) in [7, 11) is 1.50. The summed E-state index contributed by atoms with van der Waals surface area (Å²) in [5, 5.41) is 11.2. The van der Waals surface area contributed by atoms with Gasteiger partial charge in [-0.25, -0.2) is 4.79 Å². The lowest BCUT2D eigenvalue weighted by atomic mass is 9.90. The van der Waals surface area contributed by atoms with Gasteiger partial charge in [-0.3, -0.25) is 4.79 Å². The van der Waals surface area contributed by atoms with Crippen LogP contribution in [0.2, 0.25) is 5.02 Å². The van der Waals surface area contributed by atoms with Crippen LogP contribution in [0.1, 0.15) is 72.4 Å². The summed E-state index contributed by atoms with van der Waals surface area (Å²) in [6, 6.07) is 7.97. The fourth-order valence-electron chi connectivity index (χ4n) is 3.63. The van der Waals surface area contributed by atoms with Crippen molar-refractivity contribution in [3.05, 3.63) is 80.9 Å². The average Bonchev–Trinajstić information content (AvgIpc) is 2.78. The number of hydrogen-bond acceptors (Lipinski definition) is 5. The average molecular weight is 485 g/mol. The Labute approximate surface area is 207 Å². The largest absolute Gasteiger partial charge is 0.507 e. The standard InChI is InChI=1S/C28H33ClO5/c1-6-34-28(32)27-23(16-24(30)20-11-13-21(29)14-12-20)22(26(33-5)17-25(27)31)15-10-19(4)9-7-8-18(2)3/h8,10-14,17,31H,6-7,9,15-16H2,1-5H3/b19-10+. The molecule has 182 valence electrons. The molecule has 0 radical (unpaired) electrons. The van der Waals surface area contributed by atoms with Crippen LogP contribution in [0.4, 0.5) is 0 Å². The summed E-state index contributed by atoms with van der Waals surface area (Å²) >= 11 is 5.96. The summed E-state index contributed by atoms with van der Waals surface area (Å²) < 4.78 is 10.7. The molecule has 34 heavy (non-hydrogen) atoms. The number of halogens is 1. The van der Waals surface area contributed by atoms with Gasteiger partial charge in [-0.15, -0.1) is 0 Å². The van der Waals surface area contributed by atoms with Crippen LogP contribution >= 0.6 is 11.6 Å². The van der Waals surface area contributed by atoms with Crippen LogP contribution < -0.4 is 4.74 Å². The quantitative estimate of drug-likeness (QED) is 0.213. The Morgan fingerprint density at radius 1 is 1.06 bits per heavy atom. The molecule has 5 nitrogen and oxygen atoms in total. The summed E-state index contributed by atoms with van der Waals surface area (Å²) in [5.41, 5.74) is 3.99. The predicted molar refractivity (Wildman–Crippen MR) is 136 cm³/mol. The van der Waals surface area contributed by atoms with Gasteiger partial charge in [0.05, 0.1) is 13.7 Å². The van der Waals surface area contributed by atoms with Crippen LogP contribution in [-0.2, 0) is 17.6 Å². The fourth-order valence-corrected chi connectivity index (χ4v) is 3.76. The van der Waals surface area contributed by atoms with E-state index in [9.17, 15) is 14.7 Å². The van der Waals surface area contributed by atoms with E-state index < -0.39 is 5.97 Å². The Bertz CT molecular complexity index is 1080. The Morgan fingerprint density at radius 2 is 1.74 bits per heavy atom. The molecule has 0 fully saturated rings. The van der Waals surface area contributed by atoms with Gasteiger partial charge in [0.1, 0.15) is 17.1 Å². The highest BCUT2D eigenvalue weighted by Gasteiger charge is 2.26. The monoisotopic (exact) mass is 484 g/mol. The van der Waals surface area contributed by atoms with Crippen LogP contribution in [-0.4, -0.2) is 30.6 Å². The number of hydrogen-bond donors (Lipinski definition) is 1. The molecule has 0 spiro atoms. The first-order valence-electron chi connectivity index (χ1n) is 11.3. The van der Waals surface area contributed by atoms with Crippen molar-refractivity contribution in [1.82, 2.24) is 0 Å². The molecule has 0 saturated carbocycles. The zero-order valence-electron chi connectivity index (χ0n) is 20.5. The summed E-state index contributed by atoms with van der Waals surface area (Å²) in [4.78, 5) is 25.9. The number of benzene rings is 2. The van der Waals surface area contributed by atoms with Crippen LogP contribution in [0.5, 0.6) is 11.5 Å². The maximum atomic E-state index is 13.1. The number of carbonyl (C=O) groups excluding carboxylic acids is 2. The second-order valence-electron chi connectivity index (χ2n) is 8.33. The fraction of sp³-hybridized carbons (Fsp3) is 0.357. The number of allylic oxidation sites excluding steroid dienone is 4. The van der Waals surface area contributed by atoms with Gasteiger partial charge in [-0.05, 0) is 76.8 Å². The van der Waals surface area contributed by atoms with Crippen LogP contribution in [0.15, 0.2) is 53.6 Å². The van der Waals surface area contributed by atoms with Gasteiger partial charge in [-0.1, -0.05) is 34.9 Å². The van der Waals surface area contributed by atoms with Crippen molar-refractivity contribution in [1.29, 1.82) is 0 Å². The van der Waals surface area contributed by atoms with Gasteiger partial charge in [0.15, 0.2) is 5.78 Å². The molecular formula is C28H33ClO5. The number of carbonyl (C=O) groups is 2. The molecule has 0 heterocycles. The highest BCUT2D eigenvalue weighted by molar-refractivity contribution is 6.30. The van der Waals surface area contributed by atoms with Gasteiger partial charge in [-0.2, -0.15) is 0 Å². The number of rotatable bonds is 11. The second-order valence-corrected chi connectivity index (χ2v) is 8.77. The third kappa shape index (κ3) is 7.49. The number of methoxy groups -OCH3 is 1. The molecule has 2 aromatic rings. The predicted octanol–water partition coefficient (Wildman–Crippen LogP) is 6.89. The maximum absolute atomic E-state index is 13.1. The summed E-state index contributed by atoms with van der Waals surface area (Å²) in [6.45, 7) is 8.03. The summed E-state index contributed by atoms with van der Waals surface area (Å²) in [5.74, 6) is -0.743. The van der Waals surface area contributed by atoms with Gasteiger partial charge >= 0.3 is 5.97 Å².